The fourth-order valence-corrected chi connectivity index (χ4v) is 2.37. The average molecular weight is 252 g/mol. The van der Waals surface area contributed by atoms with Gasteiger partial charge in [0, 0.05) is 5.56 Å². The van der Waals surface area contributed by atoms with Gasteiger partial charge in [-0.2, -0.15) is 0 Å². The lowest BCUT2D eigenvalue weighted by Gasteiger charge is -2.27. The summed E-state index contributed by atoms with van der Waals surface area (Å²) in [6, 6.07) is 16.9. The van der Waals surface area contributed by atoms with Gasteiger partial charge in [-0.1, -0.05) is 59.8 Å². The van der Waals surface area contributed by atoms with Gasteiger partial charge in [-0.15, -0.1) is 0 Å². The molecule has 1 aliphatic heterocycles. The van der Waals surface area contributed by atoms with Crippen LogP contribution in [0.2, 0.25) is 0 Å². The Labute approximate surface area is 110 Å². The first-order valence-electron chi connectivity index (χ1n) is 5.98. The molecular formula is C15H12N2O2. The fraction of sp³-hybridized carbons (Fsp3) is 0.0667. The first kappa shape index (κ1) is 11.5. The Morgan fingerprint density at radius 3 is 2.42 bits per heavy atom. The quantitative estimate of drug-likeness (QED) is 0.603. The predicted octanol–water partition coefficient (Wildman–Crippen LogP) is 2.08. The number of nitrogens with one attached hydrogen (secondary N) is 1. The molecule has 19 heavy (non-hydrogen) atoms. The SMILES string of the molecule is O=C1NC(c2ccccc2)c2ccccc2/C1=N\O. The van der Waals surface area contributed by atoms with Crippen molar-refractivity contribution < 1.29 is 10.0 Å². The van der Waals surface area contributed by atoms with Crippen LogP contribution in [0.4, 0.5) is 0 Å². The summed E-state index contributed by atoms with van der Waals surface area (Å²) in [6.07, 6.45) is 0. The molecule has 1 aliphatic rings. The molecule has 2 N–H and O–H groups in total. The molecule has 1 unspecified atom stereocenters. The minimum Gasteiger partial charge on any atom is -0.410 e. The number of hydrogen-bond donors (Lipinski definition) is 2. The molecular weight excluding hydrogens is 240 g/mol. The van der Waals surface area contributed by atoms with Crippen LogP contribution < -0.4 is 5.32 Å². The van der Waals surface area contributed by atoms with Gasteiger partial charge in [-0.3, -0.25) is 4.79 Å². The minimum absolute atomic E-state index is 0.0581. The summed E-state index contributed by atoms with van der Waals surface area (Å²) in [5.74, 6) is -0.366. The first-order chi connectivity index (χ1) is 9.31. The number of carbonyl (C=O) groups excluding carboxylic acids is 1. The number of oxime groups is 1. The highest BCUT2D eigenvalue weighted by Crippen LogP contribution is 2.28. The van der Waals surface area contributed by atoms with Gasteiger partial charge in [0.05, 0.1) is 6.04 Å². The Morgan fingerprint density at radius 2 is 1.68 bits per heavy atom. The topological polar surface area (TPSA) is 61.7 Å². The highest BCUT2D eigenvalue weighted by atomic mass is 16.4. The van der Waals surface area contributed by atoms with Crippen LogP contribution in [-0.2, 0) is 4.79 Å². The molecule has 94 valence electrons. The largest absolute Gasteiger partial charge is 0.410 e. The summed E-state index contributed by atoms with van der Waals surface area (Å²) >= 11 is 0. The molecule has 0 saturated heterocycles. The molecule has 1 heterocycles. The summed E-state index contributed by atoms with van der Waals surface area (Å²) in [7, 11) is 0. The molecule has 0 saturated carbocycles. The zero-order chi connectivity index (χ0) is 13.2. The molecule has 0 bridgehead atoms. The summed E-state index contributed by atoms with van der Waals surface area (Å²) < 4.78 is 0. The molecule has 4 nitrogen and oxygen atoms in total. The van der Waals surface area contributed by atoms with Crippen molar-refractivity contribution in [2.45, 2.75) is 6.04 Å². The third kappa shape index (κ3) is 1.87. The van der Waals surface area contributed by atoms with Crippen LogP contribution in [-0.4, -0.2) is 16.8 Å². The normalized spacial score (nSPS) is 19.9. The number of hydrogen-bond acceptors (Lipinski definition) is 3. The van der Waals surface area contributed by atoms with E-state index in [-0.39, 0.29) is 17.7 Å². The van der Waals surface area contributed by atoms with Gasteiger partial charge in [0.2, 0.25) is 0 Å². The molecule has 2 aromatic carbocycles. The van der Waals surface area contributed by atoms with E-state index in [4.69, 9.17) is 5.21 Å². The summed E-state index contributed by atoms with van der Waals surface area (Å²) in [4.78, 5) is 12.0. The van der Waals surface area contributed by atoms with E-state index in [1.807, 2.05) is 48.5 Å². The van der Waals surface area contributed by atoms with Crippen LogP contribution in [0.15, 0.2) is 59.8 Å². The Morgan fingerprint density at radius 1 is 1.00 bits per heavy atom. The Bertz CT molecular complexity index is 650. The van der Waals surface area contributed by atoms with E-state index in [9.17, 15) is 4.79 Å². The van der Waals surface area contributed by atoms with Crippen molar-refractivity contribution in [3.8, 4) is 0 Å². The van der Waals surface area contributed by atoms with Crippen LogP contribution in [0.5, 0.6) is 0 Å². The van der Waals surface area contributed by atoms with Crippen LogP contribution >= 0.6 is 0 Å². The third-order valence-electron chi connectivity index (χ3n) is 3.25. The van der Waals surface area contributed by atoms with Gasteiger partial charge in [-0.05, 0) is 11.1 Å². The maximum atomic E-state index is 12.0. The molecule has 0 aromatic heterocycles. The zero-order valence-electron chi connectivity index (χ0n) is 10.1. The summed E-state index contributed by atoms with van der Waals surface area (Å²) in [6.45, 7) is 0. The van der Waals surface area contributed by atoms with E-state index in [1.54, 1.807) is 6.07 Å². The van der Waals surface area contributed by atoms with E-state index in [0.717, 1.165) is 11.1 Å². The molecule has 1 atom stereocenters. The van der Waals surface area contributed by atoms with E-state index in [2.05, 4.69) is 10.5 Å². The van der Waals surface area contributed by atoms with Gasteiger partial charge >= 0.3 is 0 Å². The monoisotopic (exact) mass is 252 g/mol. The second kappa shape index (κ2) is 4.57. The molecule has 4 heteroatoms. The smallest absolute Gasteiger partial charge is 0.274 e. The molecule has 0 fully saturated rings. The number of nitrogens with zero attached hydrogens (tertiary/aromatic N) is 1. The maximum Gasteiger partial charge on any atom is 0.274 e. The van der Waals surface area contributed by atoms with Crippen molar-refractivity contribution in [2.75, 3.05) is 0 Å². The maximum absolute atomic E-state index is 12.0. The average Bonchev–Trinajstić information content (AvgIpc) is 2.47. The van der Waals surface area contributed by atoms with Gasteiger partial charge < -0.3 is 10.5 Å². The Hall–Kier alpha value is -2.62. The number of fused-ring (bicyclic) bond motifs is 1. The summed E-state index contributed by atoms with van der Waals surface area (Å²) in [5, 5.41) is 15.0. The van der Waals surface area contributed by atoms with Crippen molar-refractivity contribution in [2.24, 2.45) is 5.16 Å². The third-order valence-corrected chi connectivity index (χ3v) is 3.25. The first-order valence-corrected chi connectivity index (χ1v) is 5.98. The Kier molecular flexibility index (Phi) is 2.76. The predicted molar refractivity (Wildman–Crippen MR) is 71.2 cm³/mol. The minimum atomic E-state index is -0.366. The number of benzene rings is 2. The van der Waals surface area contributed by atoms with Gasteiger partial charge in [0.15, 0.2) is 5.71 Å². The lowest BCUT2D eigenvalue weighted by Crippen LogP contribution is -2.41. The van der Waals surface area contributed by atoms with Crippen LogP contribution in [0, 0.1) is 0 Å². The second-order valence-corrected chi connectivity index (χ2v) is 4.35. The van der Waals surface area contributed by atoms with Gasteiger partial charge in [0.1, 0.15) is 0 Å². The standard InChI is InChI=1S/C15H12N2O2/c18-15-14(17-19)12-9-5-4-8-11(12)13(16-15)10-6-2-1-3-7-10/h1-9,13,19H,(H,16,18)/b17-14+. The highest BCUT2D eigenvalue weighted by Gasteiger charge is 2.30. The summed E-state index contributed by atoms with van der Waals surface area (Å²) in [5.41, 5.74) is 2.66. The molecule has 0 aliphatic carbocycles. The second-order valence-electron chi connectivity index (χ2n) is 4.35. The van der Waals surface area contributed by atoms with E-state index in [1.165, 1.54) is 0 Å². The number of carbonyl (C=O) groups is 1. The van der Waals surface area contributed by atoms with Crippen molar-refractivity contribution in [3.05, 3.63) is 71.3 Å². The lowest BCUT2D eigenvalue weighted by molar-refractivity contribution is -0.115. The van der Waals surface area contributed by atoms with E-state index >= 15 is 0 Å². The van der Waals surface area contributed by atoms with Crippen LogP contribution in [0.25, 0.3) is 0 Å². The lowest BCUT2D eigenvalue weighted by atomic mass is 9.88. The van der Waals surface area contributed by atoms with Gasteiger partial charge in [0.25, 0.3) is 5.91 Å². The fourth-order valence-electron chi connectivity index (χ4n) is 2.37. The molecule has 3 rings (SSSR count). The number of rotatable bonds is 1. The van der Waals surface area contributed by atoms with Crippen molar-refractivity contribution >= 4 is 11.6 Å². The molecule has 1 amide bonds. The Balaban J connectivity index is 2.17. The highest BCUT2D eigenvalue weighted by molar-refractivity contribution is 6.46. The molecule has 0 radical (unpaired) electrons. The van der Waals surface area contributed by atoms with Crippen molar-refractivity contribution in [3.63, 3.8) is 0 Å². The van der Waals surface area contributed by atoms with Crippen LogP contribution in [0.3, 0.4) is 0 Å². The van der Waals surface area contributed by atoms with E-state index in [0.29, 0.717) is 5.56 Å². The zero-order valence-corrected chi connectivity index (χ0v) is 10.1. The van der Waals surface area contributed by atoms with E-state index < -0.39 is 0 Å². The number of amides is 1. The van der Waals surface area contributed by atoms with Crippen molar-refractivity contribution in [1.29, 1.82) is 0 Å². The van der Waals surface area contributed by atoms with Crippen molar-refractivity contribution in [1.82, 2.24) is 5.32 Å². The molecule has 2 aromatic rings. The molecule has 0 spiro atoms. The van der Waals surface area contributed by atoms with Gasteiger partial charge in [-0.25, -0.2) is 0 Å². The van der Waals surface area contributed by atoms with Crippen LogP contribution in [0.1, 0.15) is 22.7 Å².